The molecule has 3 aromatic heterocycles. The molecule has 1 amide bonds. The number of furan rings is 1. The molecule has 3 heterocycles. The van der Waals surface area contributed by atoms with Gasteiger partial charge < -0.3 is 9.73 Å². The first-order valence-electron chi connectivity index (χ1n) is 10.6. The van der Waals surface area contributed by atoms with E-state index in [0.717, 1.165) is 22.6 Å². The Morgan fingerprint density at radius 2 is 1.79 bits per heavy atom. The number of nitrogens with zero attached hydrogens (tertiary/aromatic N) is 5. The Hall–Kier alpha value is -4.46. The third kappa shape index (κ3) is 4.59. The average molecular weight is 438 g/mol. The molecule has 0 bridgehead atoms. The van der Waals surface area contributed by atoms with Crippen molar-refractivity contribution < 1.29 is 9.21 Å². The highest BCUT2D eigenvalue weighted by Gasteiger charge is 2.20. The number of hydrogen-bond acceptors (Lipinski definition) is 5. The van der Waals surface area contributed by atoms with Gasteiger partial charge in [0.05, 0.1) is 17.8 Å². The summed E-state index contributed by atoms with van der Waals surface area (Å²) in [6.45, 7) is 2.91. The van der Waals surface area contributed by atoms with E-state index in [1.165, 1.54) is 6.33 Å². The molecule has 0 aliphatic rings. The van der Waals surface area contributed by atoms with Crippen LogP contribution in [0.2, 0.25) is 0 Å². The van der Waals surface area contributed by atoms with Gasteiger partial charge in [-0.2, -0.15) is 10.2 Å². The summed E-state index contributed by atoms with van der Waals surface area (Å²) in [4.78, 5) is 17.1. The van der Waals surface area contributed by atoms with Crippen LogP contribution in [0.4, 0.5) is 0 Å². The van der Waals surface area contributed by atoms with E-state index in [0.29, 0.717) is 30.1 Å². The van der Waals surface area contributed by atoms with Crippen LogP contribution in [0.1, 0.15) is 27.2 Å². The minimum Gasteiger partial charge on any atom is -0.460 e. The standard InChI is InChI=1S/C25H22N6O2/c1-18-7-12-23(33-18)24-22(15-31(29-24)21-5-3-2-4-6-21)25(32)27-13-19-8-10-20(11-9-19)14-30-17-26-16-28-30/h2-12,15-17H,13-14H2,1H3,(H,27,32). The van der Waals surface area contributed by atoms with E-state index in [4.69, 9.17) is 4.42 Å². The third-order valence-corrected chi connectivity index (χ3v) is 5.24. The molecule has 8 nitrogen and oxygen atoms in total. The molecule has 1 N–H and O–H groups in total. The molecule has 0 aliphatic heterocycles. The van der Waals surface area contributed by atoms with Gasteiger partial charge in [0.1, 0.15) is 24.1 Å². The minimum atomic E-state index is -0.215. The van der Waals surface area contributed by atoms with Gasteiger partial charge in [0.25, 0.3) is 5.91 Å². The van der Waals surface area contributed by atoms with Crippen LogP contribution in [-0.2, 0) is 13.1 Å². The van der Waals surface area contributed by atoms with Crippen LogP contribution in [-0.4, -0.2) is 30.5 Å². The summed E-state index contributed by atoms with van der Waals surface area (Å²) in [5.74, 6) is 1.11. The minimum absolute atomic E-state index is 0.215. The fourth-order valence-electron chi connectivity index (χ4n) is 3.54. The lowest BCUT2D eigenvalue weighted by molar-refractivity contribution is 0.0951. The molecule has 0 saturated heterocycles. The van der Waals surface area contributed by atoms with Crippen molar-refractivity contribution >= 4 is 5.91 Å². The number of hydrogen-bond donors (Lipinski definition) is 1. The molecule has 0 fully saturated rings. The van der Waals surface area contributed by atoms with E-state index in [1.54, 1.807) is 21.9 Å². The molecule has 5 aromatic rings. The van der Waals surface area contributed by atoms with Gasteiger partial charge in [0, 0.05) is 12.7 Å². The van der Waals surface area contributed by atoms with Crippen molar-refractivity contribution in [1.29, 1.82) is 0 Å². The molecular formula is C25H22N6O2. The fraction of sp³-hybridized carbons (Fsp3) is 0.120. The maximum atomic E-state index is 13.1. The van der Waals surface area contributed by atoms with Gasteiger partial charge >= 0.3 is 0 Å². The van der Waals surface area contributed by atoms with Gasteiger partial charge in [-0.25, -0.2) is 14.3 Å². The second-order valence-corrected chi connectivity index (χ2v) is 7.67. The van der Waals surface area contributed by atoms with Crippen molar-refractivity contribution in [1.82, 2.24) is 29.9 Å². The highest BCUT2D eigenvalue weighted by molar-refractivity contribution is 5.99. The lowest BCUT2D eigenvalue weighted by Gasteiger charge is -2.07. The number of nitrogens with one attached hydrogen (secondary N) is 1. The van der Waals surface area contributed by atoms with E-state index in [9.17, 15) is 4.79 Å². The Balaban J connectivity index is 1.34. The zero-order valence-corrected chi connectivity index (χ0v) is 18.0. The maximum Gasteiger partial charge on any atom is 0.255 e. The fourth-order valence-corrected chi connectivity index (χ4v) is 3.54. The first-order chi connectivity index (χ1) is 16.2. The summed E-state index contributed by atoms with van der Waals surface area (Å²) in [5, 5.41) is 11.8. The Morgan fingerprint density at radius 1 is 1.00 bits per heavy atom. The summed E-state index contributed by atoms with van der Waals surface area (Å²) in [5.41, 5.74) is 3.93. The van der Waals surface area contributed by atoms with E-state index >= 15 is 0 Å². The lowest BCUT2D eigenvalue weighted by atomic mass is 10.1. The maximum absolute atomic E-state index is 13.1. The predicted octanol–water partition coefficient (Wildman–Crippen LogP) is 4.01. The second-order valence-electron chi connectivity index (χ2n) is 7.67. The number of benzene rings is 2. The molecule has 8 heteroatoms. The van der Waals surface area contributed by atoms with Gasteiger partial charge in [0.15, 0.2) is 5.76 Å². The molecule has 0 spiro atoms. The van der Waals surface area contributed by atoms with E-state index in [1.807, 2.05) is 73.7 Å². The van der Waals surface area contributed by atoms with Crippen molar-refractivity contribution in [3.05, 3.63) is 108 Å². The second kappa shape index (κ2) is 8.96. The van der Waals surface area contributed by atoms with Crippen LogP contribution < -0.4 is 5.32 Å². The Labute approximate surface area is 190 Å². The third-order valence-electron chi connectivity index (χ3n) is 5.24. The van der Waals surface area contributed by atoms with Gasteiger partial charge in [-0.3, -0.25) is 4.79 Å². The number of aromatic nitrogens is 5. The number of amides is 1. The molecular weight excluding hydrogens is 416 g/mol. The molecule has 5 rings (SSSR count). The zero-order chi connectivity index (χ0) is 22.6. The van der Waals surface area contributed by atoms with Crippen molar-refractivity contribution in [2.24, 2.45) is 0 Å². The van der Waals surface area contributed by atoms with Gasteiger partial charge in [-0.1, -0.05) is 42.5 Å². The van der Waals surface area contributed by atoms with Crippen LogP contribution in [0.3, 0.4) is 0 Å². The van der Waals surface area contributed by atoms with Crippen molar-refractivity contribution in [3.8, 4) is 17.1 Å². The highest BCUT2D eigenvalue weighted by atomic mass is 16.3. The number of carbonyl (C=O) groups excluding carboxylic acids is 1. The summed E-state index contributed by atoms with van der Waals surface area (Å²) < 4.78 is 9.22. The molecule has 164 valence electrons. The molecule has 0 radical (unpaired) electrons. The summed E-state index contributed by atoms with van der Waals surface area (Å²) in [6.07, 6.45) is 4.93. The van der Waals surface area contributed by atoms with Crippen molar-refractivity contribution in [2.75, 3.05) is 0 Å². The van der Waals surface area contributed by atoms with Crippen LogP contribution in [0.5, 0.6) is 0 Å². The van der Waals surface area contributed by atoms with Gasteiger partial charge in [0.2, 0.25) is 0 Å². The topological polar surface area (TPSA) is 90.8 Å². The predicted molar refractivity (Wildman–Crippen MR) is 123 cm³/mol. The largest absolute Gasteiger partial charge is 0.460 e. The monoisotopic (exact) mass is 438 g/mol. The lowest BCUT2D eigenvalue weighted by Crippen LogP contribution is -2.23. The van der Waals surface area contributed by atoms with Gasteiger partial charge in [-0.15, -0.1) is 0 Å². The van der Waals surface area contributed by atoms with Crippen LogP contribution in [0, 0.1) is 6.92 Å². The quantitative estimate of drug-likeness (QED) is 0.415. The van der Waals surface area contributed by atoms with Crippen LogP contribution in [0.15, 0.2) is 90.0 Å². The molecule has 33 heavy (non-hydrogen) atoms. The normalized spacial score (nSPS) is 10.9. The Morgan fingerprint density at radius 3 is 2.48 bits per heavy atom. The number of carbonyl (C=O) groups is 1. The zero-order valence-electron chi connectivity index (χ0n) is 18.0. The molecule has 0 saturated carbocycles. The Kier molecular flexibility index (Phi) is 5.55. The van der Waals surface area contributed by atoms with E-state index < -0.39 is 0 Å². The van der Waals surface area contributed by atoms with Crippen molar-refractivity contribution in [2.45, 2.75) is 20.0 Å². The SMILES string of the molecule is Cc1ccc(-c2nn(-c3ccccc3)cc2C(=O)NCc2ccc(Cn3cncn3)cc2)o1. The first kappa shape index (κ1) is 20.4. The number of rotatable bonds is 7. The molecule has 0 aliphatic carbocycles. The summed E-state index contributed by atoms with van der Waals surface area (Å²) >= 11 is 0. The van der Waals surface area contributed by atoms with Crippen LogP contribution in [0.25, 0.3) is 17.1 Å². The van der Waals surface area contributed by atoms with E-state index in [-0.39, 0.29) is 5.91 Å². The average Bonchev–Trinajstić information content (AvgIpc) is 3.60. The molecule has 0 unspecified atom stereocenters. The smallest absolute Gasteiger partial charge is 0.255 e. The Bertz CT molecular complexity index is 1350. The number of para-hydroxylation sites is 1. The first-order valence-corrected chi connectivity index (χ1v) is 10.6. The molecule has 2 aromatic carbocycles. The highest BCUT2D eigenvalue weighted by Crippen LogP contribution is 2.25. The van der Waals surface area contributed by atoms with Crippen LogP contribution >= 0.6 is 0 Å². The summed E-state index contributed by atoms with van der Waals surface area (Å²) in [7, 11) is 0. The number of aryl methyl sites for hydroxylation is 1. The van der Waals surface area contributed by atoms with Crippen molar-refractivity contribution in [3.63, 3.8) is 0 Å². The summed E-state index contributed by atoms with van der Waals surface area (Å²) in [6, 6.07) is 21.4. The van der Waals surface area contributed by atoms with E-state index in [2.05, 4.69) is 20.5 Å². The molecule has 0 atom stereocenters. The van der Waals surface area contributed by atoms with Gasteiger partial charge in [-0.05, 0) is 42.3 Å².